The number of thiazole rings is 1. The van der Waals surface area contributed by atoms with E-state index in [-0.39, 0.29) is 17.9 Å². The second-order valence-corrected chi connectivity index (χ2v) is 8.10. The first-order valence-corrected chi connectivity index (χ1v) is 11.0. The van der Waals surface area contributed by atoms with Gasteiger partial charge in [0.2, 0.25) is 11.8 Å². The van der Waals surface area contributed by atoms with Crippen molar-refractivity contribution >= 4 is 23.2 Å². The Morgan fingerprint density at radius 3 is 2.37 bits per heavy atom. The van der Waals surface area contributed by atoms with Crippen molar-refractivity contribution in [3.05, 3.63) is 52.5 Å². The molecule has 1 aliphatic heterocycles. The molecule has 1 fully saturated rings. The molecule has 30 heavy (non-hydrogen) atoms. The van der Waals surface area contributed by atoms with E-state index in [0.717, 1.165) is 36.8 Å². The van der Waals surface area contributed by atoms with Crippen LogP contribution in [0.5, 0.6) is 0 Å². The zero-order valence-corrected chi connectivity index (χ0v) is 18.1. The van der Waals surface area contributed by atoms with Gasteiger partial charge in [-0.05, 0) is 5.56 Å². The molecule has 1 saturated heterocycles. The third-order valence-electron chi connectivity index (χ3n) is 4.96. The Hall–Kier alpha value is -2.33. The summed E-state index contributed by atoms with van der Waals surface area (Å²) in [5.74, 6) is -0.0165. The van der Waals surface area contributed by atoms with Gasteiger partial charge in [-0.3, -0.25) is 19.4 Å². The molecule has 2 N–H and O–H groups in total. The Morgan fingerprint density at radius 1 is 1.10 bits per heavy atom. The number of amides is 2. The highest BCUT2D eigenvalue weighted by Gasteiger charge is 2.23. The lowest BCUT2D eigenvalue weighted by Gasteiger charge is -2.34. The van der Waals surface area contributed by atoms with Crippen LogP contribution >= 0.6 is 11.3 Å². The predicted molar refractivity (Wildman–Crippen MR) is 116 cm³/mol. The Labute approximate surface area is 181 Å². The molecule has 1 unspecified atom stereocenters. The molecule has 2 aromatic rings. The van der Waals surface area contributed by atoms with Gasteiger partial charge < -0.3 is 15.4 Å². The molecule has 0 spiro atoms. The number of carbonyl (C=O) groups excluding carboxylic acids is 2. The molecule has 0 saturated carbocycles. The standard InChI is InChI=1S/C21H29N5O3S/c1-29-13-7-22-18(27)15-25-9-11-26(12-10-25)16-19(28)24-20(21-23-8-14-30-21)17-5-3-2-4-6-17/h2-6,8,14,20H,7,9-13,15-16H2,1H3,(H,22,27)(H,24,28). The van der Waals surface area contributed by atoms with Crippen molar-refractivity contribution in [1.82, 2.24) is 25.4 Å². The van der Waals surface area contributed by atoms with Gasteiger partial charge in [-0.25, -0.2) is 4.98 Å². The maximum absolute atomic E-state index is 12.7. The maximum atomic E-state index is 12.7. The number of nitrogens with one attached hydrogen (secondary N) is 2. The van der Waals surface area contributed by atoms with E-state index >= 15 is 0 Å². The molecule has 2 heterocycles. The highest BCUT2D eigenvalue weighted by molar-refractivity contribution is 7.09. The van der Waals surface area contributed by atoms with Gasteiger partial charge in [-0.1, -0.05) is 30.3 Å². The summed E-state index contributed by atoms with van der Waals surface area (Å²) in [4.78, 5) is 33.3. The molecule has 1 atom stereocenters. The van der Waals surface area contributed by atoms with Gasteiger partial charge in [0.15, 0.2) is 0 Å². The second-order valence-electron chi connectivity index (χ2n) is 7.18. The molecular weight excluding hydrogens is 402 g/mol. The van der Waals surface area contributed by atoms with Crippen molar-refractivity contribution in [2.24, 2.45) is 0 Å². The fraction of sp³-hybridized carbons (Fsp3) is 0.476. The van der Waals surface area contributed by atoms with E-state index in [0.29, 0.717) is 26.2 Å². The third kappa shape index (κ3) is 6.88. The van der Waals surface area contributed by atoms with Gasteiger partial charge in [0.1, 0.15) is 11.0 Å². The van der Waals surface area contributed by atoms with Gasteiger partial charge in [0.25, 0.3) is 0 Å². The number of nitrogens with zero attached hydrogens (tertiary/aromatic N) is 3. The molecule has 1 aromatic heterocycles. The lowest BCUT2D eigenvalue weighted by molar-refractivity contribution is -0.125. The number of hydrogen-bond donors (Lipinski definition) is 2. The molecule has 0 bridgehead atoms. The zero-order valence-electron chi connectivity index (χ0n) is 17.3. The first-order chi connectivity index (χ1) is 14.7. The first-order valence-electron chi connectivity index (χ1n) is 10.1. The summed E-state index contributed by atoms with van der Waals surface area (Å²) in [6.45, 7) is 4.79. The molecule has 1 aliphatic rings. The highest BCUT2D eigenvalue weighted by atomic mass is 32.1. The van der Waals surface area contributed by atoms with E-state index < -0.39 is 0 Å². The smallest absolute Gasteiger partial charge is 0.235 e. The first kappa shape index (κ1) is 22.4. The van der Waals surface area contributed by atoms with Crippen LogP contribution in [0.15, 0.2) is 41.9 Å². The quantitative estimate of drug-likeness (QED) is 0.540. The summed E-state index contributed by atoms with van der Waals surface area (Å²) < 4.78 is 4.94. The largest absolute Gasteiger partial charge is 0.383 e. The number of methoxy groups -OCH3 is 1. The summed E-state index contributed by atoms with van der Waals surface area (Å²) in [5.41, 5.74) is 1.02. The van der Waals surface area contributed by atoms with E-state index in [2.05, 4.69) is 25.4 Å². The Kier molecular flexibility index (Phi) is 8.76. The second kappa shape index (κ2) is 11.8. The van der Waals surface area contributed by atoms with Crippen LogP contribution in [0.4, 0.5) is 0 Å². The van der Waals surface area contributed by atoms with Crippen LogP contribution in [0, 0.1) is 0 Å². The SMILES string of the molecule is COCCNC(=O)CN1CCN(CC(=O)NC(c2ccccc2)c2nccs2)CC1. The summed E-state index contributed by atoms with van der Waals surface area (Å²) >= 11 is 1.53. The van der Waals surface area contributed by atoms with Crippen LogP contribution in [0.1, 0.15) is 16.6 Å². The third-order valence-corrected chi connectivity index (χ3v) is 5.80. The lowest BCUT2D eigenvalue weighted by atomic mass is 10.1. The number of carbonyl (C=O) groups is 2. The fourth-order valence-electron chi connectivity index (χ4n) is 3.38. The van der Waals surface area contributed by atoms with Gasteiger partial charge in [0, 0.05) is 51.4 Å². The van der Waals surface area contributed by atoms with Crippen molar-refractivity contribution < 1.29 is 14.3 Å². The minimum absolute atomic E-state index is 0.00685. The van der Waals surface area contributed by atoms with Crippen molar-refractivity contribution in [3.63, 3.8) is 0 Å². The molecular formula is C21H29N5O3S. The molecule has 8 nitrogen and oxygen atoms in total. The van der Waals surface area contributed by atoms with Gasteiger partial charge in [-0.15, -0.1) is 11.3 Å². The lowest BCUT2D eigenvalue weighted by Crippen LogP contribution is -2.51. The van der Waals surface area contributed by atoms with Crippen LogP contribution in [-0.4, -0.2) is 86.1 Å². The van der Waals surface area contributed by atoms with Crippen LogP contribution in [0.3, 0.4) is 0 Å². The van der Waals surface area contributed by atoms with Crippen molar-refractivity contribution in [2.45, 2.75) is 6.04 Å². The highest BCUT2D eigenvalue weighted by Crippen LogP contribution is 2.23. The van der Waals surface area contributed by atoms with Crippen molar-refractivity contribution in [2.75, 3.05) is 59.5 Å². The number of aromatic nitrogens is 1. The fourth-order valence-corrected chi connectivity index (χ4v) is 4.09. The van der Waals surface area contributed by atoms with Crippen molar-refractivity contribution in [3.8, 4) is 0 Å². The number of ether oxygens (including phenoxy) is 1. The van der Waals surface area contributed by atoms with E-state index in [4.69, 9.17) is 4.74 Å². The number of rotatable bonds is 10. The minimum atomic E-state index is -0.240. The Balaban J connectivity index is 1.45. The number of hydrogen-bond acceptors (Lipinski definition) is 7. The van der Waals surface area contributed by atoms with Gasteiger partial charge >= 0.3 is 0 Å². The van der Waals surface area contributed by atoms with Crippen molar-refractivity contribution in [1.29, 1.82) is 0 Å². The Morgan fingerprint density at radius 2 is 1.77 bits per heavy atom. The number of piperazine rings is 1. The van der Waals surface area contributed by atoms with E-state index in [1.165, 1.54) is 11.3 Å². The number of benzene rings is 1. The average molecular weight is 432 g/mol. The summed E-state index contributed by atoms with van der Waals surface area (Å²) in [6.07, 6.45) is 1.76. The Bertz CT molecular complexity index is 779. The molecule has 1 aromatic carbocycles. The average Bonchev–Trinajstić information content (AvgIpc) is 3.29. The van der Waals surface area contributed by atoms with Crippen LogP contribution < -0.4 is 10.6 Å². The summed E-state index contributed by atoms with van der Waals surface area (Å²) in [5, 5.41) is 8.76. The van der Waals surface area contributed by atoms with E-state index in [1.54, 1.807) is 13.3 Å². The van der Waals surface area contributed by atoms with E-state index in [1.807, 2.05) is 35.7 Å². The summed E-state index contributed by atoms with van der Waals surface area (Å²) in [7, 11) is 1.61. The van der Waals surface area contributed by atoms with E-state index in [9.17, 15) is 9.59 Å². The maximum Gasteiger partial charge on any atom is 0.235 e. The minimum Gasteiger partial charge on any atom is -0.383 e. The predicted octanol–water partition coefficient (Wildman–Crippen LogP) is 0.729. The van der Waals surface area contributed by atoms with Gasteiger partial charge in [0.05, 0.1) is 19.7 Å². The topological polar surface area (TPSA) is 86.8 Å². The van der Waals surface area contributed by atoms with Crippen LogP contribution in [-0.2, 0) is 14.3 Å². The molecule has 2 amide bonds. The van der Waals surface area contributed by atoms with Gasteiger partial charge in [-0.2, -0.15) is 0 Å². The monoisotopic (exact) mass is 431 g/mol. The molecule has 9 heteroatoms. The molecule has 0 aliphatic carbocycles. The summed E-state index contributed by atoms with van der Waals surface area (Å²) in [6, 6.07) is 9.66. The van der Waals surface area contributed by atoms with Crippen LogP contribution in [0.2, 0.25) is 0 Å². The van der Waals surface area contributed by atoms with Crippen LogP contribution in [0.25, 0.3) is 0 Å². The zero-order chi connectivity index (χ0) is 21.2. The molecule has 0 radical (unpaired) electrons. The normalized spacial score (nSPS) is 16.2. The molecule has 3 rings (SSSR count). The molecule has 162 valence electrons.